The highest BCUT2D eigenvalue weighted by Gasteiger charge is 2.24. The highest BCUT2D eigenvalue weighted by molar-refractivity contribution is 7.88. The van der Waals surface area contributed by atoms with E-state index in [4.69, 9.17) is 5.26 Å². The number of aromatic nitrogens is 1. The molecule has 1 aliphatic rings. The van der Waals surface area contributed by atoms with E-state index < -0.39 is 10.0 Å². The summed E-state index contributed by atoms with van der Waals surface area (Å²) >= 11 is 0. The van der Waals surface area contributed by atoms with Gasteiger partial charge in [0.2, 0.25) is 10.0 Å². The second-order valence-corrected chi connectivity index (χ2v) is 7.61. The molecule has 0 radical (unpaired) electrons. The lowest BCUT2D eigenvalue weighted by molar-refractivity contribution is 0.290. The molecule has 1 aromatic heterocycles. The zero-order valence-corrected chi connectivity index (χ0v) is 13.6. The van der Waals surface area contributed by atoms with E-state index >= 15 is 0 Å². The molecule has 2 heterocycles. The third kappa shape index (κ3) is 3.64. The number of piperidine rings is 1. The van der Waals surface area contributed by atoms with Crippen LogP contribution in [0, 0.1) is 18.3 Å². The monoisotopic (exact) mass is 310 g/mol. The molecule has 0 aliphatic carbocycles. The van der Waals surface area contributed by atoms with Crippen LogP contribution >= 0.6 is 0 Å². The Hall–Kier alpha value is -1.36. The Balaban J connectivity index is 1.90. The molecule has 0 amide bonds. The molecule has 0 saturated carbocycles. The summed E-state index contributed by atoms with van der Waals surface area (Å²) in [5.41, 5.74) is 2.88. The molecule has 1 N–H and O–H groups in total. The normalized spacial score (nSPS) is 17.8. The molecule has 0 spiro atoms. The first kappa shape index (κ1) is 16.0. The number of hydrogen-bond donors (Lipinski definition) is 1. The molecule has 1 aliphatic heterocycles. The van der Waals surface area contributed by atoms with Crippen molar-refractivity contribution in [3.8, 4) is 6.07 Å². The van der Waals surface area contributed by atoms with Gasteiger partial charge in [0.1, 0.15) is 11.8 Å². The van der Waals surface area contributed by atoms with Gasteiger partial charge in [-0.2, -0.15) is 5.26 Å². The fourth-order valence-corrected chi connectivity index (χ4v) is 3.57. The van der Waals surface area contributed by atoms with Gasteiger partial charge in [0.05, 0.1) is 6.26 Å². The Labute approximate surface area is 126 Å². The second kappa shape index (κ2) is 6.18. The molecular formula is C14H22N4O2S. The van der Waals surface area contributed by atoms with E-state index in [0.29, 0.717) is 31.4 Å². The molecule has 0 unspecified atom stereocenters. The van der Waals surface area contributed by atoms with E-state index in [0.717, 1.165) is 24.1 Å². The summed E-state index contributed by atoms with van der Waals surface area (Å²) in [6.07, 6.45) is 2.91. The molecule has 21 heavy (non-hydrogen) atoms. The molecule has 0 bridgehead atoms. The molecule has 1 aromatic rings. The molecule has 0 aromatic carbocycles. The lowest BCUT2D eigenvalue weighted by Gasteiger charge is -2.30. The van der Waals surface area contributed by atoms with E-state index in [1.54, 1.807) is 0 Å². The van der Waals surface area contributed by atoms with Crippen molar-refractivity contribution in [3.63, 3.8) is 0 Å². The summed E-state index contributed by atoms with van der Waals surface area (Å²) in [6.45, 7) is 3.87. The maximum Gasteiger partial charge on any atom is 0.211 e. The van der Waals surface area contributed by atoms with E-state index in [9.17, 15) is 8.42 Å². The minimum Gasteiger partial charge on any atom is -0.340 e. The Morgan fingerprint density at radius 3 is 2.52 bits per heavy atom. The largest absolute Gasteiger partial charge is 0.340 e. The predicted molar refractivity (Wildman–Crippen MR) is 81.1 cm³/mol. The van der Waals surface area contributed by atoms with Gasteiger partial charge in [-0.15, -0.1) is 0 Å². The first-order valence-electron chi connectivity index (χ1n) is 7.06. The third-order valence-corrected chi connectivity index (χ3v) is 5.56. The molecule has 1 fully saturated rings. The van der Waals surface area contributed by atoms with Crippen LogP contribution in [-0.2, 0) is 23.6 Å². The Morgan fingerprint density at radius 2 is 2.05 bits per heavy atom. The van der Waals surface area contributed by atoms with E-state index in [1.165, 1.54) is 10.6 Å². The van der Waals surface area contributed by atoms with Crippen molar-refractivity contribution < 1.29 is 8.42 Å². The van der Waals surface area contributed by atoms with Crippen molar-refractivity contribution >= 4 is 10.0 Å². The van der Waals surface area contributed by atoms with Crippen LogP contribution in [0.15, 0.2) is 6.07 Å². The minimum absolute atomic E-state index is 0.327. The Kier molecular flexibility index (Phi) is 4.71. The van der Waals surface area contributed by atoms with Crippen LogP contribution in [0.25, 0.3) is 0 Å². The SMILES string of the molecule is Cc1c(CNC2CCN(S(C)(=O)=O)CC2)cc(C#N)n1C. The zero-order chi connectivity index (χ0) is 15.6. The highest BCUT2D eigenvalue weighted by atomic mass is 32.2. The van der Waals surface area contributed by atoms with E-state index in [1.807, 2.05) is 24.6 Å². The standard InChI is InChI=1S/C14H22N4O2S/c1-11-12(8-14(9-15)17(11)2)10-16-13-4-6-18(7-5-13)21(3,19)20/h8,13,16H,4-7,10H2,1-3H3. The summed E-state index contributed by atoms with van der Waals surface area (Å²) in [4.78, 5) is 0. The van der Waals surface area contributed by atoms with Gasteiger partial charge in [0, 0.05) is 38.4 Å². The van der Waals surface area contributed by atoms with Gasteiger partial charge in [-0.1, -0.05) is 0 Å². The minimum atomic E-state index is -3.06. The van der Waals surface area contributed by atoms with Gasteiger partial charge in [-0.3, -0.25) is 0 Å². The highest BCUT2D eigenvalue weighted by Crippen LogP contribution is 2.16. The van der Waals surface area contributed by atoms with E-state index in [-0.39, 0.29) is 0 Å². The van der Waals surface area contributed by atoms with Gasteiger partial charge in [-0.05, 0) is 31.4 Å². The molecule has 1 saturated heterocycles. The molecular weight excluding hydrogens is 288 g/mol. The number of hydrogen-bond acceptors (Lipinski definition) is 4. The van der Waals surface area contributed by atoms with Crippen LogP contribution in [-0.4, -0.2) is 42.7 Å². The molecule has 2 rings (SSSR count). The number of sulfonamides is 1. The van der Waals surface area contributed by atoms with Crippen LogP contribution in [0.2, 0.25) is 0 Å². The first-order valence-corrected chi connectivity index (χ1v) is 8.91. The first-order chi connectivity index (χ1) is 9.82. The second-order valence-electron chi connectivity index (χ2n) is 5.63. The lowest BCUT2D eigenvalue weighted by Crippen LogP contribution is -2.44. The average molecular weight is 310 g/mol. The number of nitriles is 1. The fourth-order valence-electron chi connectivity index (χ4n) is 2.69. The van der Waals surface area contributed by atoms with Crippen molar-refractivity contribution in [2.24, 2.45) is 7.05 Å². The van der Waals surface area contributed by atoms with Crippen LogP contribution < -0.4 is 5.32 Å². The Morgan fingerprint density at radius 1 is 1.43 bits per heavy atom. The van der Waals surface area contributed by atoms with Gasteiger partial charge in [0.15, 0.2) is 0 Å². The van der Waals surface area contributed by atoms with Crippen molar-refractivity contribution in [2.75, 3.05) is 19.3 Å². The van der Waals surface area contributed by atoms with Crippen LogP contribution in [0.3, 0.4) is 0 Å². The summed E-state index contributed by atoms with van der Waals surface area (Å²) in [5, 5.41) is 12.5. The third-order valence-electron chi connectivity index (χ3n) is 4.26. The molecule has 7 heteroatoms. The van der Waals surface area contributed by atoms with Crippen molar-refractivity contribution in [2.45, 2.75) is 32.4 Å². The summed E-state index contributed by atoms with van der Waals surface area (Å²) in [5.74, 6) is 0. The van der Waals surface area contributed by atoms with Gasteiger partial charge < -0.3 is 9.88 Å². The lowest BCUT2D eigenvalue weighted by atomic mass is 10.1. The van der Waals surface area contributed by atoms with Crippen molar-refractivity contribution in [3.05, 3.63) is 23.0 Å². The van der Waals surface area contributed by atoms with Crippen LogP contribution in [0.1, 0.15) is 29.8 Å². The number of nitrogens with zero attached hydrogens (tertiary/aromatic N) is 3. The van der Waals surface area contributed by atoms with Gasteiger partial charge in [-0.25, -0.2) is 12.7 Å². The summed E-state index contributed by atoms with van der Waals surface area (Å²) < 4.78 is 26.4. The topological polar surface area (TPSA) is 78.1 Å². The summed E-state index contributed by atoms with van der Waals surface area (Å²) in [6, 6.07) is 4.42. The maximum absolute atomic E-state index is 11.5. The molecule has 116 valence electrons. The zero-order valence-electron chi connectivity index (χ0n) is 12.8. The number of nitrogens with one attached hydrogen (secondary N) is 1. The Bertz CT molecular complexity index is 649. The predicted octanol–water partition coefficient (Wildman–Crippen LogP) is 0.719. The fraction of sp³-hybridized carbons (Fsp3) is 0.643. The maximum atomic E-state index is 11.5. The van der Waals surface area contributed by atoms with Crippen LogP contribution in [0.4, 0.5) is 0 Å². The smallest absolute Gasteiger partial charge is 0.211 e. The quantitative estimate of drug-likeness (QED) is 0.889. The van der Waals surface area contributed by atoms with Gasteiger partial charge in [0.25, 0.3) is 0 Å². The summed E-state index contributed by atoms with van der Waals surface area (Å²) in [7, 11) is -1.17. The molecule has 0 atom stereocenters. The van der Waals surface area contributed by atoms with E-state index in [2.05, 4.69) is 11.4 Å². The van der Waals surface area contributed by atoms with Crippen molar-refractivity contribution in [1.29, 1.82) is 5.26 Å². The van der Waals surface area contributed by atoms with Crippen LogP contribution in [0.5, 0.6) is 0 Å². The van der Waals surface area contributed by atoms with Crippen molar-refractivity contribution in [1.82, 2.24) is 14.2 Å². The van der Waals surface area contributed by atoms with Gasteiger partial charge >= 0.3 is 0 Å². The average Bonchev–Trinajstić information content (AvgIpc) is 2.72. The number of rotatable bonds is 4. The molecule has 6 nitrogen and oxygen atoms in total.